The molecule has 32 heteroatoms. The van der Waals surface area contributed by atoms with Crippen LogP contribution >= 0.6 is 65.5 Å². The number of rotatable bonds is 32. The Morgan fingerprint density at radius 3 is 0.719 bits per heavy atom. The van der Waals surface area contributed by atoms with Crippen molar-refractivity contribution in [2.75, 3.05) is 0 Å². The molecule has 1 aliphatic rings. The Hall–Kier alpha value is -12.7. The molecule has 0 spiro atoms. The van der Waals surface area contributed by atoms with E-state index < -0.39 is 65.5 Å². The van der Waals surface area contributed by atoms with Gasteiger partial charge in [-0.1, -0.05) is 0 Å². The van der Waals surface area contributed by atoms with Crippen molar-refractivity contribution in [3.8, 4) is 92.0 Å². The molecule has 16 aromatic carbocycles. The van der Waals surface area contributed by atoms with Crippen LogP contribution in [0.2, 0.25) is 0 Å². The van der Waals surface area contributed by atoms with E-state index in [4.69, 9.17) is 64.6 Å². The predicted molar refractivity (Wildman–Crippen MR) is 512 cm³/mol. The van der Waals surface area contributed by atoms with Crippen LogP contribution in [0, 0.1) is 0 Å². The zero-order valence-electron chi connectivity index (χ0n) is 68.2. The summed E-state index contributed by atoms with van der Waals surface area (Å²) in [5.41, 5.74) is 0. The second kappa shape index (κ2) is 40.9. The Labute approximate surface area is 749 Å². The first-order valence-electron chi connectivity index (χ1n) is 40.3. The van der Waals surface area contributed by atoms with E-state index in [1.807, 2.05) is 146 Å². The Morgan fingerprint density at radius 2 is 0.438 bits per heavy atom. The summed E-state index contributed by atoms with van der Waals surface area (Å²) in [6, 6.07) is 142. The van der Waals surface area contributed by atoms with Crippen LogP contribution in [-0.2, 0) is 0 Å². The van der Waals surface area contributed by atoms with Gasteiger partial charge in [-0.3, -0.25) is 0 Å². The fraction of sp³-hybridized carbons (Fsp3) is 0. The van der Waals surface area contributed by atoms with Crippen LogP contribution in [0.4, 0.5) is 0 Å². The van der Waals surface area contributed by atoms with Crippen LogP contribution < -0.4 is 88.2 Å². The molecular weight excluding hydrogens is 1770 g/mol. The minimum atomic E-state index is -8.37. The third kappa shape index (κ3) is 19.8. The van der Waals surface area contributed by atoms with Crippen LogP contribution in [0.15, 0.2) is 490 Å². The average molecular weight is 1860 g/mol. The van der Waals surface area contributed by atoms with E-state index in [2.05, 4.69) is 14.6 Å². The van der Waals surface area contributed by atoms with Gasteiger partial charge >= 0.3 is 754 Å². The van der Waals surface area contributed by atoms with Gasteiger partial charge in [0.2, 0.25) is 0 Å². The molecule has 17 rings (SSSR count). The molecule has 0 bridgehead atoms. The summed E-state index contributed by atoms with van der Waals surface area (Å²) in [6.07, 6.45) is 0. The van der Waals surface area contributed by atoms with Crippen molar-refractivity contribution in [2.24, 2.45) is 4.52 Å². The van der Waals surface area contributed by atoms with Gasteiger partial charge in [0.1, 0.15) is 0 Å². The summed E-state index contributed by atoms with van der Waals surface area (Å²) in [6.45, 7) is 0. The van der Waals surface area contributed by atoms with E-state index in [-0.39, 0.29) is 92.0 Å². The number of nitrogens with one attached hydrogen (secondary N) is 3. The molecule has 0 fully saturated rings. The van der Waals surface area contributed by atoms with Gasteiger partial charge < -0.3 is 0 Å². The van der Waals surface area contributed by atoms with Crippen LogP contribution in [0.5, 0.6) is 92.0 Å². The van der Waals surface area contributed by atoms with Crippen LogP contribution in [0.3, 0.4) is 0 Å². The molecule has 0 saturated heterocycles. The fourth-order valence-corrected chi connectivity index (χ4v) is 38.6. The van der Waals surface area contributed by atoms with E-state index >= 15 is 0 Å². The molecule has 0 amide bonds. The molecule has 0 saturated carbocycles. The monoisotopic (exact) mass is 1850 g/mol. The van der Waals surface area contributed by atoms with E-state index in [1.54, 1.807) is 340 Å². The molecule has 24 nitrogen and oxygen atoms in total. The van der Waals surface area contributed by atoms with Crippen LogP contribution in [0.1, 0.15) is 0 Å². The third-order valence-corrected chi connectivity index (χ3v) is 40.2. The molecule has 1 heterocycles. The topological polar surface area (TPSA) is 209 Å². The number of hydrogen-bond acceptors (Lipinski definition) is 24. The molecule has 0 aliphatic carbocycles. The number of nitrogens with zero attached hydrogens (tertiary/aromatic N) is 5. The Balaban J connectivity index is 1.26. The zero-order valence-corrected chi connectivity index (χ0v) is 75.7. The van der Waals surface area contributed by atoms with Gasteiger partial charge in [-0.05, 0) is 0 Å². The van der Waals surface area contributed by atoms with E-state index in [1.165, 1.54) is 13.8 Å². The zero-order chi connectivity index (χ0) is 86.8. The summed E-state index contributed by atoms with van der Waals surface area (Å²) in [7, 11) is -34.4. The Kier molecular flexibility index (Phi) is 27.9. The SMILES string of the molecule is c1ccc(ON2P(Oc3ccccc3)NPNPNPN=P(Oc3ccccc3)(Oc3ccccc3)N(Oc3ccccc3)P(Oc3ccccc3)(Oc3ccccc3)(Oc3ccccc3)N(Oc3ccccc3)P(Oc3ccccc3)(Oc3ccccc3)(Oc3ccccc3)N(Oc3ccccc3)P2(Oc2ccccc2)(Oc2ccccc2)Oc2ccccc2)cc1. The van der Waals surface area contributed by atoms with Gasteiger partial charge in [0.15, 0.2) is 0 Å². The van der Waals surface area contributed by atoms with Gasteiger partial charge in [0, 0.05) is 0 Å². The van der Waals surface area contributed by atoms with Gasteiger partial charge in [-0.2, -0.15) is 0 Å². The van der Waals surface area contributed by atoms with Gasteiger partial charge in [0.25, 0.3) is 0 Å². The van der Waals surface area contributed by atoms with Crippen molar-refractivity contribution >= 4 is 65.5 Å². The van der Waals surface area contributed by atoms with Crippen molar-refractivity contribution in [1.82, 2.24) is 33.0 Å². The molecular formula is C96H86N8O16P8. The Bertz CT molecular complexity index is 5810. The van der Waals surface area contributed by atoms with Crippen LogP contribution in [-0.4, -0.2) is 18.4 Å². The first kappa shape index (κ1) is 87.4. The standard InChI is InChI=1S/C96H86N8O16P8/c1-17-49-81(50-18-1)105-101-124(109-85-57-25-5-26-58-85)99-122-97-121-98-123-100-125(110-86-59-27-6-28-60-86,111-87-61-29-7-30-62-87)102(106-82-51-19-2-20-52-82)127(115-91-69-37-11-38-70-91,116-92-71-39-12-40-72-92,117-93-73-41-13-42-74-93)104(108-84-55-23-4-24-56-84)128(118-94-75-43-14-44-76-94,119-95-77-45-15-46-78-95,120-96-79-47-16-48-80-96)103(107-83-53-21-3-22-54-83)126(101,112-88-63-31-8-32-64-88,113-89-65-33-9-34-66-89)114-90-67-35-10-36-68-90/h1-80,97-99,121-123H. The van der Waals surface area contributed by atoms with E-state index in [0.29, 0.717) is 0 Å². The first-order chi connectivity index (χ1) is 63.1. The van der Waals surface area contributed by atoms with Crippen molar-refractivity contribution in [3.63, 3.8) is 0 Å². The number of benzene rings is 16. The molecule has 3 N–H and O–H groups in total. The maximum atomic E-state index is 9.19. The first-order valence-corrected chi connectivity index (χ1v) is 51.6. The van der Waals surface area contributed by atoms with Gasteiger partial charge in [0.05, 0.1) is 0 Å². The molecule has 16 aromatic rings. The summed E-state index contributed by atoms with van der Waals surface area (Å²) in [5.74, 6) is -0.0149. The molecule has 1 aliphatic heterocycles. The summed E-state index contributed by atoms with van der Waals surface area (Å²) in [5, 5.41) is 0. The van der Waals surface area contributed by atoms with E-state index in [9.17, 15) is 13.6 Å². The normalized spacial score (nSPS) is 18.0. The minimum absolute atomic E-state index is 0.0210. The quantitative estimate of drug-likeness (QED) is 0.0335. The van der Waals surface area contributed by atoms with Gasteiger partial charge in [-0.15, -0.1) is 0 Å². The van der Waals surface area contributed by atoms with Crippen molar-refractivity contribution < 1.29 is 73.6 Å². The molecule has 4 unspecified atom stereocenters. The van der Waals surface area contributed by atoms with Crippen molar-refractivity contribution in [3.05, 3.63) is 485 Å². The molecule has 646 valence electrons. The molecule has 4 atom stereocenters. The second-order valence-electron chi connectivity index (χ2n) is 27.5. The van der Waals surface area contributed by atoms with Gasteiger partial charge in [-0.25, -0.2) is 0 Å². The molecule has 0 radical (unpaired) electrons. The maximum absolute atomic E-state index is 9.19. The predicted octanol–water partition coefficient (Wildman–Crippen LogP) is 28.0. The summed E-state index contributed by atoms with van der Waals surface area (Å²) >= 11 is 0. The summed E-state index contributed by atoms with van der Waals surface area (Å²) < 4.78 is 116. The third-order valence-electron chi connectivity index (χ3n) is 18.3. The number of para-hydroxylation sites is 16. The molecule has 0 aromatic heterocycles. The summed E-state index contributed by atoms with van der Waals surface area (Å²) in [4.78, 5) is 45.6. The van der Waals surface area contributed by atoms with Crippen LogP contribution in [0.25, 0.3) is 0 Å². The van der Waals surface area contributed by atoms with Crippen molar-refractivity contribution in [1.29, 1.82) is 0 Å². The Morgan fingerprint density at radius 1 is 0.219 bits per heavy atom. The number of hydrogen-bond donors (Lipinski definition) is 3. The molecule has 128 heavy (non-hydrogen) atoms. The average Bonchev–Trinajstić information content (AvgIpc) is 0.636. The second-order valence-corrected chi connectivity index (χ2v) is 44.6. The fourth-order valence-electron chi connectivity index (χ4n) is 12.9. The van der Waals surface area contributed by atoms with Crippen molar-refractivity contribution in [2.45, 2.75) is 0 Å². The van der Waals surface area contributed by atoms with E-state index in [0.717, 1.165) is 4.60 Å².